The summed E-state index contributed by atoms with van der Waals surface area (Å²) in [5.74, 6) is 0. The molecule has 0 amide bonds. The van der Waals surface area contributed by atoms with E-state index in [0.29, 0.717) is 6.61 Å². The molecule has 0 radical (unpaired) electrons. The zero-order valence-electron chi connectivity index (χ0n) is 7.63. The van der Waals surface area contributed by atoms with Crippen LogP contribution in [-0.2, 0) is 14.2 Å². The van der Waals surface area contributed by atoms with Crippen molar-refractivity contribution >= 4 is 0 Å². The van der Waals surface area contributed by atoms with Gasteiger partial charge in [0.05, 0.1) is 12.7 Å². The Morgan fingerprint density at radius 2 is 1.82 bits per heavy atom. The highest BCUT2D eigenvalue weighted by Crippen LogP contribution is 2.01. The lowest BCUT2D eigenvalue weighted by Gasteiger charge is -2.13. The van der Waals surface area contributed by atoms with Gasteiger partial charge in [0.15, 0.2) is 0 Å². The van der Waals surface area contributed by atoms with Gasteiger partial charge in [-0.25, -0.2) is 0 Å². The molecular formula is C8H18O3. The second-order valence-electron chi connectivity index (χ2n) is 2.45. The molecule has 1 atom stereocenters. The molecule has 3 nitrogen and oxygen atoms in total. The zero-order valence-corrected chi connectivity index (χ0v) is 7.63. The highest BCUT2D eigenvalue weighted by atomic mass is 16.5. The summed E-state index contributed by atoms with van der Waals surface area (Å²) in [6, 6.07) is 0. The van der Waals surface area contributed by atoms with Crippen LogP contribution in [0.5, 0.6) is 0 Å². The first-order valence-electron chi connectivity index (χ1n) is 3.85. The van der Waals surface area contributed by atoms with E-state index in [1.54, 1.807) is 21.3 Å². The van der Waals surface area contributed by atoms with E-state index in [1.165, 1.54) is 0 Å². The van der Waals surface area contributed by atoms with Gasteiger partial charge in [-0.2, -0.15) is 0 Å². The van der Waals surface area contributed by atoms with E-state index in [2.05, 4.69) is 0 Å². The molecule has 0 saturated carbocycles. The summed E-state index contributed by atoms with van der Waals surface area (Å²) in [4.78, 5) is 0. The van der Waals surface area contributed by atoms with Crippen LogP contribution in [0, 0.1) is 0 Å². The van der Waals surface area contributed by atoms with Gasteiger partial charge in [0.25, 0.3) is 0 Å². The topological polar surface area (TPSA) is 27.7 Å². The summed E-state index contributed by atoms with van der Waals surface area (Å²) in [6.07, 6.45) is 2.24. The molecule has 0 aliphatic heterocycles. The largest absolute Gasteiger partial charge is 0.385 e. The van der Waals surface area contributed by atoms with Gasteiger partial charge in [0.1, 0.15) is 0 Å². The Hall–Kier alpha value is -0.120. The van der Waals surface area contributed by atoms with E-state index in [4.69, 9.17) is 14.2 Å². The fourth-order valence-electron chi connectivity index (χ4n) is 0.910. The predicted octanol–water partition coefficient (Wildman–Crippen LogP) is 1.07. The minimum atomic E-state index is 0.218. The van der Waals surface area contributed by atoms with Crippen molar-refractivity contribution in [2.45, 2.75) is 18.9 Å². The molecule has 11 heavy (non-hydrogen) atoms. The van der Waals surface area contributed by atoms with Gasteiger partial charge in [-0.15, -0.1) is 0 Å². The average Bonchev–Trinajstić information content (AvgIpc) is 2.03. The first-order chi connectivity index (χ1) is 5.35. The van der Waals surface area contributed by atoms with Crippen LogP contribution < -0.4 is 0 Å². The van der Waals surface area contributed by atoms with Crippen LogP contribution in [0.2, 0.25) is 0 Å². The summed E-state index contributed by atoms with van der Waals surface area (Å²) in [5.41, 5.74) is 0. The molecule has 0 rings (SSSR count). The van der Waals surface area contributed by atoms with Gasteiger partial charge in [-0.3, -0.25) is 0 Å². The lowest BCUT2D eigenvalue weighted by atomic mass is 10.2. The molecule has 0 aromatic rings. The lowest BCUT2D eigenvalue weighted by molar-refractivity contribution is 0.0185. The molecule has 0 aromatic carbocycles. The molecule has 0 aliphatic rings. The third-order valence-corrected chi connectivity index (χ3v) is 1.56. The number of ether oxygens (including phenoxy) is 3. The number of hydrogen-bond acceptors (Lipinski definition) is 3. The van der Waals surface area contributed by atoms with E-state index in [-0.39, 0.29) is 6.10 Å². The minimum Gasteiger partial charge on any atom is -0.385 e. The highest BCUT2D eigenvalue weighted by Gasteiger charge is 2.04. The van der Waals surface area contributed by atoms with E-state index >= 15 is 0 Å². The van der Waals surface area contributed by atoms with Crippen LogP contribution in [0.1, 0.15) is 12.8 Å². The molecule has 0 bridgehead atoms. The summed E-state index contributed by atoms with van der Waals surface area (Å²) in [6.45, 7) is 1.46. The maximum Gasteiger partial charge on any atom is 0.0805 e. The molecule has 3 heteroatoms. The molecule has 0 N–H and O–H groups in total. The van der Waals surface area contributed by atoms with Crippen molar-refractivity contribution in [1.29, 1.82) is 0 Å². The van der Waals surface area contributed by atoms with Crippen LogP contribution in [0.3, 0.4) is 0 Å². The molecule has 0 fully saturated rings. The minimum absolute atomic E-state index is 0.218. The summed E-state index contributed by atoms with van der Waals surface area (Å²) in [5, 5.41) is 0. The first kappa shape index (κ1) is 10.9. The van der Waals surface area contributed by atoms with Crippen LogP contribution in [0.15, 0.2) is 0 Å². The number of hydrogen-bond donors (Lipinski definition) is 0. The van der Waals surface area contributed by atoms with E-state index in [9.17, 15) is 0 Å². The Morgan fingerprint density at radius 3 is 2.27 bits per heavy atom. The van der Waals surface area contributed by atoms with Crippen molar-refractivity contribution in [3.05, 3.63) is 0 Å². The number of rotatable bonds is 7. The molecule has 1 unspecified atom stereocenters. The molecule has 68 valence electrons. The molecular weight excluding hydrogens is 144 g/mol. The Labute approximate surface area is 68.6 Å². The predicted molar refractivity (Wildman–Crippen MR) is 43.8 cm³/mol. The van der Waals surface area contributed by atoms with Crippen LogP contribution in [-0.4, -0.2) is 40.6 Å². The van der Waals surface area contributed by atoms with Crippen molar-refractivity contribution < 1.29 is 14.2 Å². The van der Waals surface area contributed by atoms with Crippen molar-refractivity contribution in [3.8, 4) is 0 Å². The van der Waals surface area contributed by atoms with Gasteiger partial charge >= 0.3 is 0 Å². The number of methoxy groups -OCH3 is 3. The Balaban J connectivity index is 3.20. The average molecular weight is 162 g/mol. The van der Waals surface area contributed by atoms with Gasteiger partial charge in [-0.05, 0) is 12.8 Å². The second kappa shape index (κ2) is 7.98. The zero-order chi connectivity index (χ0) is 8.53. The van der Waals surface area contributed by atoms with Gasteiger partial charge in [-0.1, -0.05) is 0 Å². The standard InChI is InChI=1S/C8H18O3/c1-9-6-4-5-8(11-3)7-10-2/h8H,4-7H2,1-3H3. The second-order valence-corrected chi connectivity index (χ2v) is 2.45. The van der Waals surface area contributed by atoms with Gasteiger partial charge < -0.3 is 14.2 Å². The van der Waals surface area contributed by atoms with Crippen LogP contribution in [0.4, 0.5) is 0 Å². The molecule has 0 aromatic heterocycles. The van der Waals surface area contributed by atoms with Gasteiger partial charge in [0, 0.05) is 27.9 Å². The monoisotopic (exact) mass is 162 g/mol. The van der Waals surface area contributed by atoms with E-state index in [0.717, 1.165) is 19.4 Å². The van der Waals surface area contributed by atoms with E-state index in [1.807, 2.05) is 0 Å². The normalized spacial score (nSPS) is 13.4. The summed E-state index contributed by atoms with van der Waals surface area (Å²) < 4.78 is 15.0. The SMILES string of the molecule is COCCCC(COC)OC. The Kier molecular flexibility index (Phi) is 7.89. The smallest absolute Gasteiger partial charge is 0.0805 e. The Morgan fingerprint density at radius 1 is 1.09 bits per heavy atom. The fraction of sp³-hybridized carbons (Fsp3) is 1.00. The first-order valence-corrected chi connectivity index (χ1v) is 3.85. The molecule has 0 heterocycles. The summed E-state index contributed by atoms with van der Waals surface area (Å²) >= 11 is 0. The van der Waals surface area contributed by atoms with Crippen molar-refractivity contribution in [1.82, 2.24) is 0 Å². The van der Waals surface area contributed by atoms with Crippen LogP contribution >= 0.6 is 0 Å². The highest BCUT2D eigenvalue weighted by molar-refractivity contribution is 4.55. The van der Waals surface area contributed by atoms with Crippen LogP contribution in [0.25, 0.3) is 0 Å². The maximum absolute atomic E-state index is 5.16. The van der Waals surface area contributed by atoms with Crippen molar-refractivity contribution in [2.24, 2.45) is 0 Å². The third-order valence-electron chi connectivity index (χ3n) is 1.56. The van der Waals surface area contributed by atoms with Gasteiger partial charge in [0.2, 0.25) is 0 Å². The van der Waals surface area contributed by atoms with Crippen molar-refractivity contribution in [3.63, 3.8) is 0 Å². The lowest BCUT2D eigenvalue weighted by Crippen LogP contribution is -2.17. The maximum atomic E-state index is 5.16. The summed E-state index contributed by atoms with van der Waals surface area (Å²) in [7, 11) is 5.09. The molecule has 0 saturated heterocycles. The quantitative estimate of drug-likeness (QED) is 0.524. The molecule has 0 spiro atoms. The fourth-order valence-corrected chi connectivity index (χ4v) is 0.910. The van der Waals surface area contributed by atoms with Crippen molar-refractivity contribution in [2.75, 3.05) is 34.5 Å². The van der Waals surface area contributed by atoms with E-state index < -0.39 is 0 Å². The third kappa shape index (κ3) is 6.28. The Bertz CT molecular complexity index is 75.7. The molecule has 0 aliphatic carbocycles.